The lowest BCUT2D eigenvalue weighted by atomic mass is 10.1. The molecule has 0 aliphatic carbocycles. The van der Waals surface area contributed by atoms with Crippen molar-refractivity contribution in [1.82, 2.24) is 5.32 Å². The van der Waals surface area contributed by atoms with Crippen LogP contribution in [-0.4, -0.2) is 33.4 Å². The molecule has 0 bridgehead atoms. The van der Waals surface area contributed by atoms with Crippen molar-refractivity contribution in [2.75, 3.05) is 17.9 Å². The molecule has 0 aliphatic heterocycles. The Kier molecular flexibility index (Phi) is 6.89. The highest BCUT2D eigenvalue weighted by Crippen LogP contribution is 2.23. The van der Waals surface area contributed by atoms with Gasteiger partial charge >= 0.3 is 5.97 Å². The van der Waals surface area contributed by atoms with E-state index in [-0.39, 0.29) is 29.3 Å². The second kappa shape index (κ2) is 10.2. The van der Waals surface area contributed by atoms with Crippen molar-refractivity contribution in [3.63, 3.8) is 0 Å². The molecule has 0 fully saturated rings. The lowest BCUT2D eigenvalue weighted by molar-refractivity contribution is 0.0503. The van der Waals surface area contributed by atoms with Crippen LogP contribution < -0.4 is 10.0 Å². The van der Waals surface area contributed by atoms with Crippen LogP contribution in [0.4, 0.5) is 5.69 Å². The molecule has 172 valence electrons. The Labute approximate surface area is 197 Å². The van der Waals surface area contributed by atoms with Gasteiger partial charge in [-0.1, -0.05) is 60.7 Å². The normalized spacial score (nSPS) is 11.1. The van der Waals surface area contributed by atoms with E-state index in [2.05, 4.69) is 10.0 Å². The summed E-state index contributed by atoms with van der Waals surface area (Å²) in [4.78, 5) is 24.8. The van der Waals surface area contributed by atoms with E-state index in [1.165, 1.54) is 18.2 Å². The fourth-order valence-corrected chi connectivity index (χ4v) is 4.48. The molecule has 0 unspecified atom stereocenters. The average molecular weight is 475 g/mol. The molecule has 0 heterocycles. The number of sulfonamides is 1. The summed E-state index contributed by atoms with van der Waals surface area (Å²) < 4.78 is 33.6. The number of fused-ring (bicyclic) bond motifs is 1. The van der Waals surface area contributed by atoms with Crippen LogP contribution in [-0.2, 0) is 14.8 Å². The summed E-state index contributed by atoms with van der Waals surface area (Å²) in [5.41, 5.74) is 0.720. The van der Waals surface area contributed by atoms with Crippen molar-refractivity contribution >= 4 is 38.4 Å². The van der Waals surface area contributed by atoms with Crippen LogP contribution in [0.25, 0.3) is 10.8 Å². The molecule has 34 heavy (non-hydrogen) atoms. The van der Waals surface area contributed by atoms with Crippen LogP contribution in [0.1, 0.15) is 20.7 Å². The zero-order chi connectivity index (χ0) is 24.0. The second-order valence-electron chi connectivity index (χ2n) is 7.42. The van der Waals surface area contributed by atoms with Gasteiger partial charge in [-0.15, -0.1) is 0 Å². The molecule has 4 aromatic carbocycles. The fraction of sp³-hybridized carbons (Fsp3) is 0.0769. The van der Waals surface area contributed by atoms with E-state index in [4.69, 9.17) is 4.74 Å². The minimum atomic E-state index is -3.93. The predicted octanol–water partition coefficient (Wildman–Crippen LogP) is 4.23. The third-order valence-corrected chi connectivity index (χ3v) is 6.44. The number of esters is 1. The molecule has 1 amide bonds. The molecular formula is C26H22N2O5S. The Morgan fingerprint density at radius 1 is 0.765 bits per heavy atom. The van der Waals surface area contributed by atoms with Gasteiger partial charge in [-0.2, -0.15) is 0 Å². The van der Waals surface area contributed by atoms with Crippen molar-refractivity contribution in [3.8, 4) is 0 Å². The Morgan fingerprint density at radius 3 is 2.24 bits per heavy atom. The van der Waals surface area contributed by atoms with E-state index in [0.29, 0.717) is 5.56 Å². The Bertz CT molecular complexity index is 1440. The van der Waals surface area contributed by atoms with E-state index in [1.54, 1.807) is 54.6 Å². The standard InChI is InChI=1S/C26H22N2O5S/c29-25(27-16-17-33-26(30)20-9-2-1-3-10-20)23-12-6-7-13-24(23)28-34(31,32)22-15-14-19-8-4-5-11-21(19)18-22/h1-15,18,28H,16-17H2,(H,27,29). The summed E-state index contributed by atoms with van der Waals surface area (Å²) in [7, 11) is -3.93. The first-order chi connectivity index (χ1) is 16.4. The topological polar surface area (TPSA) is 102 Å². The monoisotopic (exact) mass is 474 g/mol. The zero-order valence-electron chi connectivity index (χ0n) is 18.1. The van der Waals surface area contributed by atoms with Crippen molar-refractivity contribution in [2.24, 2.45) is 0 Å². The molecule has 4 aromatic rings. The van der Waals surface area contributed by atoms with Crippen molar-refractivity contribution in [1.29, 1.82) is 0 Å². The highest BCUT2D eigenvalue weighted by atomic mass is 32.2. The van der Waals surface area contributed by atoms with Gasteiger partial charge in [0.1, 0.15) is 6.61 Å². The number of amides is 1. The van der Waals surface area contributed by atoms with Crippen molar-refractivity contribution in [2.45, 2.75) is 4.90 Å². The van der Waals surface area contributed by atoms with E-state index in [9.17, 15) is 18.0 Å². The summed E-state index contributed by atoms with van der Waals surface area (Å²) in [6, 6.07) is 27.1. The third-order valence-electron chi connectivity index (χ3n) is 5.08. The van der Waals surface area contributed by atoms with Crippen molar-refractivity contribution in [3.05, 3.63) is 108 Å². The number of para-hydroxylation sites is 1. The van der Waals surface area contributed by atoms with Gasteiger partial charge in [0.2, 0.25) is 0 Å². The lowest BCUT2D eigenvalue weighted by Crippen LogP contribution is -2.29. The van der Waals surface area contributed by atoms with E-state index < -0.39 is 21.9 Å². The van der Waals surface area contributed by atoms with Gasteiger partial charge in [-0.05, 0) is 47.2 Å². The van der Waals surface area contributed by atoms with Crippen LogP contribution in [0.15, 0.2) is 102 Å². The molecule has 0 saturated heterocycles. The highest BCUT2D eigenvalue weighted by molar-refractivity contribution is 7.92. The number of rotatable bonds is 8. The molecule has 8 heteroatoms. The summed E-state index contributed by atoms with van der Waals surface area (Å²) in [6.07, 6.45) is 0. The molecular weight excluding hydrogens is 452 g/mol. The second-order valence-corrected chi connectivity index (χ2v) is 9.10. The van der Waals surface area contributed by atoms with E-state index in [0.717, 1.165) is 10.8 Å². The molecule has 0 aromatic heterocycles. The molecule has 0 aliphatic rings. The fourth-order valence-electron chi connectivity index (χ4n) is 3.37. The molecule has 0 spiro atoms. The highest BCUT2D eigenvalue weighted by Gasteiger charge is 2.19. The number of carbonyl (C=O) groups excluding carboxylic acids is 2. The average Bonchev–Trinajstić information content (AvgIpc) is 2.86. The smallest absolute Gasteiger partial charge is 0.338 e. The zero-order valence-corrected chi connectivity index (χ0v) is 18.9. The SMILES string of the molecule is O=C(OCCNC(=O)c1ccccc1NS(=O)(=O)c1ccc2ccccc2c1)c1ccccc1. The first kappa shape index (κ1) is 23.0. The first-order valence-electron chi connectivity index (χ1n) is 10.5. The Hall–Kier alpha value is -4.17. The summed E-state index contributed by atoms with van der Waals surface area (Å²) in [5, 5.41) is 4.36. The maximum Gasteiger partial charge on any atom is 0.338 e. The molecule has 0 saturated carbocycles. The minimum Gasteiger partial charge on any atom is -0.460 e. The number of hydrogen-bond acceptors (Lipinski definition) is 5. The van der Waals surface area contributed by atoms with Crippen LogP contribution in [0.5, 0.6) is 0 Å². The maximum absolute atomic E-state index is 13.0. The molecule has 0 radical (unpaired) electrons. The minimum absolute atomic E-state index is 0.0234. The number of ether oxygens (including phenoxy) is 1. The quantitative estimate of drug-likeness (QED) is 0.294. The third kappa shape index (κ3) is 5.41. The molecule has 2 N–H and O–H groups in total. The Balaban J connectivity index is 1.41. The summed E-state index contributed by atoms with van der Waals surface area (Å²) >= 11 is 0. The molecule has 4 rings (SSSR count). The van der Waals surface area contributed by atoms with Crippen LogP contribution in [0, 0.1) is 0 Å². The molecule has 0 atom stereocenters. The van der Waals surface area contributed by atoms with Gasteiger partial charge in [-0.3, -0.25) is 9.52 Å². The number of benzene rings is 4. The summed E-state index contributed by atoms with van der Waals surface area (Å²) in [5.74, 6) is -0.981. The van der Waals surface area contributed by atoms with E-state index in [1.807, 2.05) is 24.3 Å². The van der Waals surface area contributed by atoms with Crippen LogP contribution >= 0.6 is 0 Å². The number of hydrogen-bond donors (Lipinski definition) is 2. The lowest BCUT2D eigenvalue weighted by Gasteiger charge is -2.13. The largest absolute Gasteiger partial charge is 0.460 e. The number of anilines is 1. The van der Waals surface area contributed by atoms with Crippen molar-refractivity contribution < 1.29 is 22.7 Å². The van der Waals surface area contributed by atoms with Gasteiger partial charge in [0.25, 0.3) is 15.9 Å². The predicted molar refractivity (Wildman–Crippen MR) is 130 cm³/mol. The van der Waals surface area contributed by atoms with Gasteiger partial charge in [0, 0.05) is 0 Å². The Morgan fingerprint density at radius 2 is 1.44 bits per heavy atom. The summed E-state index contributed by atoms with van der Waals surface area (Å²) in [6.45, 7) is 0.0492. The first-order valence-corrected chi connectivity index (χ1v) is 12.0. The molecule has 7 nitrogen and oxygen atoms in total. The van der Waals surface area contributed by atoms with E-state index >= 15 is 0 Å². The van der Waals surface area contributed by atoms with Gasteiger partial charge in [0.05, 0.1) is 28.3 Å². The van der Waals surface area contributed by atoms with Crippen LogP contribution in [0.2, 0.25) is 0 Å². The van der Waals surface area contributed by atoms with Gasteiger partial charge in [0.15, 0.2) is 0 Å². The van der Waals surface area contributed by atoms with Gasteiger partial charge in [-0.25, -0.2) is 13.2 Å². The number of carbonyl (C=O) groups is 2. The van der Waals surface area contributed by atoms with Crippen LogP contribution in [0.3, 0.4) is 0 Å². The number of nitrogens with one attached hydrogen (secondary N) is 2. The van der Waals surface area contributed by atoms with Gasteiger partial charge < -0.3 is 10.1 Å². The maximum atomic E-state index is 13.0.